The van der Waals surface area contributed by atoms with Gasteiger partial charge in [-0.05, 0) is 31.0 Å². The Balaban J connectivity index is 1.41. The average Bonchev–Trinajstić information content (AvgIpc) is 3.15. The standard InChI is InChI=1S/C16H19N5O2S/c1-11-18-19-16-21(11)20-15(24-16)9-10-17-14(22)8-5-12-3-6-13(23-2)7-4-12/h3-4,6-7H,5,8-10H2,1-2H3,(H,17,22). The molecule has 24 heavy (non-hydrogen) atoms. The SMILES string of the molecule is COc1ccc(CCC(=O)NCCc2nn3c(C)nnc3s2)cc1. The van der Waals surface area contributed by atoms with Crippen LogP contribution >= 0.6 is 11.3 Å². The van der Waals surface area contributed by atoms with Crippen LogP contribution in [-0.4, -0.2) is 39.4 Å². The first-order valence-electron chi connectivity index (χ1n) is 7.73. The number of carbonyl (C=O) groups is 1. The summed E-state index contributed by atoms with van der Waals surface area (Å²) in [5.74, 6) is 1.64. The maximum atomic E-state index is 11.9. The Bertz CT molecular complexity index is 825. The zero-order valence-electron chi connectivity index (χ0n) is 13.7. The lowest BCUT2D eigenvalue weighted by Crippen LogP contribution is -2.25. The minimum absolute atomic E-state index is 0.0463. The molecule has 3 rings (SSSR count). The van der Waals surface area contributed by atoms with E-state index in [1.165, 1.54) is 11.3 Å². The van der Waals surface area contributed by atoms with Gasteiger partial charge in [0.1, 0.15) is 10.8 Å². The summed E-state index contributed by atoms with van der Waals surface area (Å²) in [5, 5.41) is 16.3. The van der Waals surface area contributed by atoms with Crippen molar-refractivity contribution in [3.8, 4) is 5.75 Å². The molecular formula is C16H19N5O2S. The maximum Gasteiger partial charge on any atom is 0.234 e. The lowest BCUT2D eigenvalue weighted by Gasteiger charge is -2.05. The summed E-state index contributed by atoms with van der Waals surface area (Å²) in [6.07, 6.45) is 1.88. The smallest absolute Gasteiger partial charge is 0.234 e. The van der Waals surface area contributed by atoms with Gasteiger partial charge in [-0.2, -0.15) is 9.61 Å². The molecule has 0 aliphatic carbocycles. The molecule has 2 aromatic heterocycles. The van der Waals surface area contributed by atoms with Crippen LogP contribution in [0.3, 0.4) is 0 Å². The molecule has 0 saturated carbocycles. The van der Waals surface area contributed by atoms with Crippen LogP contribution in [0, 0.1) is 6.92 Å². The Morgan fingerprint density at radius 2 is 2.04 bits per heavy atom. The van der Waals surface area contributed by atoms with Gasteiger partial charge in [-0.15, -0.1) is 10.2 Å². The molecule has 1 N–H and O–H groups in total. The lowest BCUT2D eigenvalue weighted by molar-refractivity contribution is -0.121. The number of nitrogens with one attached hydrogen (secondary N) is 1. The third-order valence-electron chi connectivity index (χ3n) is 3.65. The predicted molar refractivity (Wildman–Crippen MR) is 91.4 cm³/mol. The Morgan fingerprint density at radius 3 is 2.75 bits per heavy atom. The first kappa shape index (κ1) is 16.4. The van der Waals surface area contributed by atoms with Gasteiger partial charge in [-0.3, -0.25) is 4.79 Å². The number of aryl methyl sites for hydroxylation is 2. The second-order valence-corrected chi connectivity index (χ2v) is 6.43. The summed E-state index contributed by atoms with van der Waals surface area (Å²) in [4.78, 5) is 12.7. The first-order valence-corrected chi connectivity index (χ1v) is 8.54. The zero-order valence-corrected chi connectivity index (χ0v) is 14.5. The maximum absolute atomic E-state index is 11.9. The Hall–Kier alpha value is -2.48. The van der Waals surface area contributed by atoms with E-state index < -0.39 is 0 Å². The number of hydrogen-bond acceptors (Lipinski definition) is 6. The zero-order chi connectivity index (χ0) is 16.9. The van der Waals surface area contributed by atoms with Gasteiger partial charge < -0.3 is 10.1 Å². The summed E-state index contributed by atoms with van der Waals surface area (Å²) < 4.78 is 6.85. The second kappa shape index (κ2) is 7.39. The van der Waals surface area contributed by atoms with Crippen molar-refractivity contribution in [3.63, 3.8) is 0 Å². The van der Waals surface area contributed by atoms with E-state index in [9.17, 15) is 4.79 Å². The van der Waals surface area contributed by atoms with Crippen molar-refractivity contribution in [2.24, 2.45) is 0 Å². The highest BCUT2D eigenvalue weighted by atomic mass is 32.1. The van der Waals surface area contributed by atoms with E-state index in [1.807, 2.05) is 31.2 Å². The average molecular weight is 345 g/mol. The summed E-state index contributed by atoms with van der Waals surface area (Å²) in [6, 6.07) is 7.77. The number of fused-ring (bicyclic) bond motifs is 1. The quantitative estimate of drug-likeness (QED) is 0.706. The molecule has 0 fully saturated rings. The molecular weight excluding hydrogens is 326 g/mol. The predicted octanol–water partition coefficient (Wildman–Crippen LogP) is 1.79. The second-order valence-electron chi connectivity index (χ2n) is 5.39. The van der Waals surface area contributed by atoms with E-state index >= 15 is 0 Å². The van der Waals surface area contributed by atoms with Crippen LogP contribution in [0.5, 0.6) is 5.75 Å². The molecule has 0 saturated heterocycles. The summed E-state index contributed by atoms with van der Waals surface area (Å²) in [6.45, 7) is 2.44. The fourth-order valence-corrected chi connectivity index (χ4v) is 3.18. The van der Waals surface area contributed by atoms with Crippen molar-refractivity contribution in [1.82, 2.24) is 25.1 Å². The third kappa shape index (κ3) is 3.88. The highest BCUT2D eigenvalue weighted by Gasteiger charge is 2.09. The van der Waals surface area contributed by atoms with Crippen molar-refractivity contribution >= 4 is 22.2 Å². The molecule has 0 atom stereocenters. The molecule has 0 bridgehead atoms. The van der Waals surface area contributed by atoms with E-state index in [4.69, 9.17) is 4.74 Å². The largest absolute Gasteiger partial charge is 0.497 e. The number of aromatic nitrogens is 4. The molecule has 0 aliphatic rings. The third-order valence-corrected chi connectivity index (χ3v) is 4.61. The van der Waals surface area contributed by atoms with Gasteiger partial charge in [0.05, 0.1) is 7.11 Å². The van der Waals surface area contributed by atoms with Gasteiger partial charge in [0.15, 0.2) is 5.82 Å². The fourth-order valence-electron chi connectivity index (χ4n) is 2.30. The molecule has 0 unspecified atom stereocenters. The van der Waals surface area contributed by atoms with Crippen molar-refractivity contribution in [2.45, 2.75) is 26.2 Å². The number of nitrogens with zero attached hydrogens (tertiary/aromatic N) is 4. The lowest BCUT2D eigenvalue weighted by atomic mass is 10.1. The highest BCUT2D eigenvalue weighted by Crippen LogP contribution is 2.14. The minimum atomic E-state index is 0.0463. The summed E-state index contributed by atoms with van der Waals surface area (Å²) >= 11 is 1.50. The number of rotatable bonds is 7. The van der Waals surface area contributed by atoms with Gasteiger partial charge in [0.2, 0.25) is 10.9 Å². The van der Waals surface area contributed by atoms with E-state index in [1.54, 1.807) is 11.6 Å². The normalized spacial score (nSPS) is 10.9. The molecule has 126 valence electrons. The Morgan fingerprint density at radius 1 is 1.25 bits per heavy atom. The minimum Gasteiger partial charge on any atom is -0.497 e. The van der Waals surface area contributed by atoms with Crippen molar-refractivity contribution < 1.29 is 9.53 Å². The number of carbonyl (C=O) groups excluding carboxylic acids is 1. The van der Waals surface area contributed by atoms with Gasteiger partial charge >= 0.3 is 0 Å². The van der Waals surface area contributed by atoms with Crippen molar-refractivity contribution in [1.29, 1.82) is 0 Å². The van der Waals surface area contributed by atoms with Crippen LogP contribution < -0.4 is 10.1 Å². The topological polar surface area (TPSA) is 81.4 Å². The molecule has 8 heteroatoms. The first-order chi connectivity index (χ1) is 11.7. The van der Waals surface area contributed by atoms with Gasteiger partial charge in [-0.25, -0.2) is 0 Å². The van der Waals surface area contributed by atoms with Gasteiger partial charge in [0.25, 0.3) is 0 Å². The molecule has 7 nitrogen and oxygen atoms in total. The molecule has 1 amide bonds. The van der Waals surface area contributed by atoms with Crippen LogP contribution in [-0.2, 0) is 17.6 Å². The Labute approximate surface area is 143 Å². The monoisotopic (exact) mass is 345 g/mol. The van der Waals surface area contributed by atoms with Crippen molar-refractivity contribution in [3.05, 3.63) is 40.7 Å². The van der Waals surface area contributed by atoms with Crippen LogP contribution in [0.25, 0.3) is 4.96 Å². The van der Waals surface area contributed by atoms with Crippen molar-refractivity contribution in [2.75, 3.05) is 13.7 Å². The molecule has 3 aromatic rings. The van der Waals surface area contributed by atoms with Crippen LogP contribution in [0.1, 0.15) is 22.8 Å². The molecule has 1 aromatic carbocycles. The molecule has 0 spiro atoms. The van der Waals surface area contributed by atoms with Crippen LogP contribution in [0.4, 0.5) is 0 Å². The molecule has 2 heterocycles. The summed E-state index contributed by atoms with van der Waals surface area (Å²) in [5.41, 5.74) is 1.12. The highest BCUT2D eigenvalue weighted by molar-refractivity contribution is 7.16. The van der Waals surface area contributed by atoms with Crippen LogP contribution in [0.2, 0.25) is 0 Å². The summed E-state index contributed by atoms with van der Waals surface area (Å²) in [7, 11) is 1.64. The van der Waals surface area contributed by atoms with E-state index in [2.05, 4.69) is 20.6 Å². The van der Waals surface area contributed by atoms with E-state index in [0.29, 0.717) is 25.8 Å². The Kier molecular flexibility index (Phi) is 5.05. The molecule has 0 aliphatic heterocycles. The number of amides is 1. The van der Waals surface area contributed by atoms with Crippen LogP contribution in [0.15, 0.2) is 24.3 Å². The van der Waals surface area contributed by atoms with Gasteiger partial charge in [0, 0.05) is 19.4 Å². The molecule has 0 radical (unpaired) electrons. The number of ether oxygens (including phenoxy) is 1. The number of methoxy groups -OCH3 is 1. The number of benzene rings is 1. The number of hydrogen-bond donors (Lipinski definition) is 1. The van der Waals surface area contributed by atoms with Gasteiger partial charge in [-0.1, -0.05) is 23.5 Å². The van der Waals surface area contributed by atoms with E-state index in [0.717, 1.165) is 27.1 Å². The fraction of sp³-hybridized carbons (Fsp3) is 0.375. The van der Waals surface area contributed by atoms with E-state index in [-0.39, 0.29) is 5.91 Å².